The zero-order chi connectivity index (χ0) is 10.0. The molecule has 0 spiro atoms. The molecule has 1 heteroatoms. The third kappa shape index (κ3) is 8.06. The number of hydrogen-bond donors (Lipinski definition) is 0. The highest BCUT2D eigenvalue weighted by molar-refractivity contribution is 4.71. The molecular formula is C11H26O. The van der Waals surface area contributed by atoms with Crippen molar-refractivity contribution in [2.75, 3.05) is 6.61 Å². The summed E-state index contributed by atoms with van der Waals surface area (Å²) in [5.41, 5.74) is 0.179. The molecule has 1 aliphatic heterocycles. The van der Waals surface area contributed by atoms with Crippen LogP contribution in [-0.4, -0.2) is 12.2 Å². The smallest absolute Gasteiger partial charge is 0.0626 e. The normalized spacial score (nSPS) is 19.5. The van der Waals surface area contributed by atoms with Crippen LogP contribution in [0.15, 0.2) is 0 Å². The first-order valence-electron chi connectivity index (χ1n) is 5.35. The second-order valence-electron chi connectivity index (χ2n) is 3.07. The van der Waals surface area contributed by atoms with Crippen molar-refractivity contribution >= 4 is 0 Å². The van der Waals surface area contributed by atoms with Gasteiger partial charge in [0.15, 0.2) is 0 Å². The van der Waals surface area contributed by atoms with E-state index in [1.54, 1.807) is 0 Å². The van der Waals surface area contributed by atoms with Crippen molar-refractivity contribution in [2.45, 2.75) is 66.4 Å². The van der Waals surface area contributed by atoms with Crippen LogP contribution < -0.4 is 0 Å². The Labute approximate surface area is 78.5 Å². The summed E-state index contributed by atoms with van der Waals surface area (Å²) < 4.78 is 5.47. The highest BCUT2D eigenvalue weighted by Gasteiger charge is 2.20. The summed E-state index contributed by atoms with van der Waals surface area (Å²) in [6.07, 6.45) is 3.82. The van der Waals surface area contributed by atoms with Crippen molar-refractivity contribution < 1.29 is 4.74 Å². The number of ether oxygens (including phenoxy) is 1. The summed E-state index contributed by atoms with van der Waals surface area (Å²) in [4.78, 5) is 0. The van der Waals surface area contributed by atoms with Gasteiger partial charge in [0.05, 0.1) is 5.60 Å². The fourth-order valence-corrected chi connectivity index (χ4v) is 1.07. The van der Waals surface area contributed by atoms with Crippen molar-refractivity contribution in [2.24, 2.45) is 0 Å². The predicted octanol–water partition coefficient (Wildman–Crippen LogP) is 4.02. The van der Waals surface area contributed by atoms with Gasteiger partial charge < -0.3 is 4.74 Å². The van der Waals surface area contributed by atoms with Gasteiger partial charge in [0, 0.05) is 6.61 Å². The highest BCUT2D eigenvalue weighted by atomic mass is 16.5. The molecule has 0 unspecified atom stereocenters. The minimum absolute atomic E-state index is 0.179. The minimum Gasteiger partial charge on any atom is -0.376 e. The van der Waals surface area contributed by atoms with Crippen LogP contribution in [0.1, 0.15) is 60.8 Å². The van der Waals surface area contributed by atoms with Gasteiger partial charge in [-0.05, 0) is 33.1 Å². The van der Waals surface area contributed by atoms with E-state index < -0.39 is 0 Å². The molecule has 1 aliphatic rings. The molecule has 0 saturated carbocycles. The van der Waals surface area contributed by atoms with E-state index >= 15 is 0 Å². The molecule has 1 rings (SSSR count). The zero-order valence-corrected chi connectivity index (χ0v) is 9.74. The van der Waals surface area contributed by atoms with Gasteiger partial charge in [-0.15, -0.1) is 0 Å². The summed E-state index contributed by atoms with van der Waals surface area (Å²) in [5.74, 6) is 0. The van der Waals surface area contributed by atoms with Gasteiger partial charge in [0.2, 0.25) is 0 Å². The van der Waals surface area contributed by atoms with Crippen LogP contribution in [-0.2, 0) is 4.74 Å². The van der Waals surface area contributed by atoms with Gasteiger partial charge in [-0.2, -0.15) is 0 Å². The van der Waals surface area contributed by atoms with E-state index in [2.05, 4.69) is 13.8 Å². The fraction of sp³-hybridized carbons (Fsp3) is 1.00. The summed E-state index contributed by atoms with van der Waals surface area (Å²) in [6.45, 7) is 13.3. The average Bonchev–Trinajstić information content (AvgIpc) is 2.11. The maximum absolute atomic E-state index is 5.47. The standard InChI is InChI=1S/C7H14O.2C2H6/c1-7(2)5-3-4-6-8-7;2*1-2/h3-6H2,1-2H3;2*1-2H3. The molecule has 1 heterocycles. The second-order valence-corrected chi connectivity index (χ2v) is 3.07. The Morgan fingerprint density at radius 3 is 1.58 bits per heavy atom. The van der Waals surface area contributed by atoms with E-state index in [0.717, 1.165) is 6.61 Å². The molecule has 0 aromatic rings. The molecule has 0 aliphatic carbocycles. The number of rotatable bonds is 0. The molecule has 1 fully saturated rings. The van der Waals surface area contributed by atoms with Gasteiger partial charge in [-0.1, -0.05) is 27.7 Å². The van der Waals surface area contributed by atoms with E-state index in [0.29, 0.717) is 0 Å². The molecule has 1 saturated heterocycles. The quantitative estimate of drug-likeness (QED) is 0.539. The first kappa shape index (κ1) is 14.5. The van der Waals surface area contributed by atoms with E-state index in [1.807, 2.05) is 27.7 Å². The minimum atomic E-state index is 0.179. The third-order valence-corrected chi connectivity index (χ3v) is 1.67. The first-order valence-corrected chi connectivity index (χ1v) is 5.35. The van der Waals surface area contributed by atoms with E-state index in [-0.39, 0.29) is 5.60 Å². The van der Waals surface area contributed by atoms with Crippen molar-refractivity contribution in [1.29, 1.82) is 0 Å². The molecule has 1 nitrogen and oxygen atoms in total. The molecule has 76 valence electrons. The Hall–Kier alpha value is -0.0400. The Balaban J connectivity index is 0. The Morgan fingerprint density at radius 1 is 0.917 bits per heavy atom. The van der Waals surface area contributed by atoms with Gasteiger partial charge in [0.1, 0.15) is 0 Å². The molecule has 0 aromatic carbocycles. The summed E-state index contributed by atoms with van der Waals surface area (Å²) in [7, 11) is 0. The Morgan fingerprint density at radius 2 is 1.42 bits per heavy atom. The van der Waals surface area contributed by atoms with Crippen molar-refractivity contribution in [3.05, 3.63) is 0 Å². The first-order chi connectivity index (χ1) is 5.71. The summed E-state index contributed by atoms with van der Waals surface area (Å²) in [5, 5.41) is 0. The SMILES string of the molecule is CC.CC.CC1(C)CCCCO1. The Kier molecular flexibility index (Phi) is 10.9. The monoisotopic (exact) mass is 174 g/mol. The lowest BCUT2D eigenvalue weighted by molar-refractivity contribution is -0.0511. The van der Waals surface area contributed by atoms with Gasteiger partial charge in [0.25, 0.3) is 0 Å². The average molecular weight is 174 g/mol. The van der Waals surface area contributed by atoms with Crippen molar-refractivity contribution in [3.63, 3.8) is 0 Å². The van der Waals surface area contributed by atoms with Gasteiger partial charge in [-0.3, -0.25) is 0 Å². The number of hydrogen-bond acceptors (Lipinski definition) is 1. The lowest BCUT2D eigenvalue weighted by Crippen LogP contribution is -2.28. The lowest BCUT2D eigenvalue weighted by Gasteiger charge is -2.29. The predicted molar refractivity (Wildman–Crippen MR) is 56.6 cm³/mol. The largest absolute Gasteiger partial charge is 0.376 e. The van der Waals surface area contributed by atoms with Crippen molar-refractivity contribution in [1.82, 2.24) is 0 Å². The molecule has 0 aromatic heterocycles. The molecule has 0 bridgehead atoms. The van der Waals surface area contributed by atoms with Crippen molar-refractivity contribution in [3.8, 4) is 0 Å². The van der Waals surface area contributed by atoms with Crippen LogP contribution in [0, 0.1) is 0 Å². The maximum atomic E-state index is 5.47. The second kappa shape index (κ2) is 9.05. The molecule has 12 heavy (non-hydrogen) atoms. The lowest BCUT2D eigenvalue weighted by atomic mass is 9.99. The summed E-state index contributed by atoms with van der Waals surface area (Å²) >= 11 is 0. The van der Waals surface area contributed by atoms with Crippen LogP contribution >= 0.6 is 0 Å². The molecular weight excluding hydrogens is 148 g/mol. The highest BCUT2D eigenvalue weighted by Crippen LogP contribution is 2.22. The molecule has 0 atom stereocenters. The van der Waals surface area contributed by atoms with Crippen LogP contribution in [0.5, 0.6) is 0 Å². The topological polar surface area (TPSA) is 9.23 Å². The van der Waals surface area contributed by atoms with Gasteiger partial charge in [-0.25, -0.2) is 0 Å². The maximum Gasteiger partial charge on any atom is 0.0626 e. The van der Waals surface area contributed by atoms with Crippen LogP contribution in [0.3, 0.4) is 0 Å². The zero-order valence-electron chi connectivity index (χ0n) is 9.74. The molecule has 0 amide bonds. The van der Waals surface area contributed by atoms with Crippen LogP contribution in [0.4, 0.5) is 0 Å². The van der Waals surface area contributed by atoms with Gasteiger partial charge >= 0.3 is 0 Å². The van der Waals surface area contributed by atoms with Crippen LogP contribution in [0.2, 0.25) is 0 Å². The van der Waals surface area contributed by atoms with E-state index in [4.69, 9.17) is 4.74 Å². The fourth-order valence-electron chi connectivity index (χ4n) is 1.07. The Bertz CT molecular complexity index is 69.1. The van der Waals surface area contributed by atoms with Crippen LogP contribution in [0.25, 0.3) is 0 Å². The van der Waals surface area contributed by atoms with E-state index in [9.17, 15) is 0 Å². The third-order valence-electron chi connectivity index (χ3n) is 1.67. The summed E-state index contributed by atoms with van der Waals surface area (Å²) in [6, 6.07) is 0. The van der Waals surface area contributed by atoms with E-state index in [1.165, 1.54) is 19.3 Å². The molecule has 0 radical (unpaired) electrons. The molecule has 0 N–H and O–H groups in total.